The van der Waals surface area contributed by atoms with Crippen molar-refractivity contribution in [1.29, 1.82) is 0 Å². The average molecular weight is 381 g/mol. The molecule has 1 aromatic carbocycles. The molecule has 1 atom stereocenters. The summed E-state index contributed by atoms with van der Waals surface area (Å²) in [6, 6.07) is 7.74. The van der Waals surface area contributed by atoms with E-state index >= 15 is 0 Å². The molecule has 0 radical (unpaired) electrons. The van der Waals surface area contributed by atoms with E-state index in [1.54, 1.807) is 7.11 Å². The summed E-state index contributed by atoms with van der Waals surface area (Å²) < 4.78 is 7.55. The number of thiophene rings is 1. The molecular weight excluding hydrogens is 369 g/mol. The van der Waals surface area contributed by atoms with Crippen LogP contribution in [0.15, 0.2) is 28.7 Å². The molecule has 2 nitrogen and oxygen atoms in total. The van der Waals surface area contributed by atoms with Gasteiger partial charge in [0.05, 0.1) is 21.8 Å². The van der Waals surface area contributed by atoms with E-state index in [4.69, 9.17) is 27.9 Å². The number of methoxy groups -OCH3 is 1. The van der Waals surface area contributed by atoms with Crippen LogP contribution in [-0.2, 0) is 0 Å². The molecule has 1 N–H and O–H groups in total. The summed E-state index contributed by atoms with van der Waals surface area (Å²) in [6.45, 7) is 0. The van der Waals surface area contributed by atoms with Crippen molar-refractivity contribution in [2.45, 2.75) is 6.04 Å². The summed E-state index contributed by atoms with van der Waals surface area (Å²) in [5.74, 6) is 0.805. The van der Waals surface area contributed by atoms with Crippen molar-refractivity contribution >= 4 is 50.5 Å². The molecular formula is C13H12BrCl2NOS. The van der Waals surface area contributed by atoms with Gasteiger partial charge in [-0.2, -0.15) is 0 Å². The zero-order valence-electron chi connectivity index (χ0n) is 10.3. The number of ether oxygens (including phenoxy) is 1. The van der Waals surface area contributed by atoms with E-state index in [1.807, 2.05) is 31.3 Å². The van der Waals surface area contributed by atoms with E-state index in [2.05, 4.69) is 21.2 Å². The summed E-state index contributed by atoms with van der Waals surface area (Å²) in [5.41, 5.74) is 2.06. The van der Waals surface area contributed by atoms with Crippen LogP contribution in [0.25, 0.3) is 0 Å². The third-order valence-corrected chi connectivity index (χ3v) is 5.01. The van der Waals surface area contributed by atoms with Crippen LogP contribution in [0.3, 0.4) is 0 Å². The van der Waals surface area contributed by atoms with Gasteiger partial charge in [0.25, 0.3) is 0 Å². The summed E-state index contributed by atoms with van der Waals surface area (Å²) in [6.07, 6.45) is 0. The first-order chi connectivity index (χ1) is 9.06. The maximum atomic E-state index is 6.23. The van der Waals surface area contributed by atoms with Crippen LogP contribution in [-0.4, -0.2) is 14.2 Å². The lowest BCUT2D eigenvalue weighted by Crippen LogP contribution is -2.17. The molecule has 0 bridgehead atoms. The molecule has 0 saturated carbocycles. The average Bonchev–Trinajstić information content (AvgIpc) is 2.71. The van der Waals surface area contributed by atoms with Crippen LogP contribution in [0.1, 0.15) is 17.2 Å². The van der Waals surface area contributed by atoms with Crippen molar-refractivity contribution in [3.8, 4) is 5.75 Å². The fourth-order valence-electron chi connectivity index (χ4n) is 1.90. The van der Waals surface area contributed by atoms with Gasteiger partial charge in [-0.25, -0.2) is 0 Å². The largest absolute Gasteiger partial charge is 0.497 e. The van der Waals surface area contributed by atoms with Crippen molar-refractivity contribution < 1.29 is 4.74 Å². The summed E-state index contributed by atoms with van der Waals surface area (Å²) in [7, 11) is 3.54. The highest BCUT2D eigenvalue weighted by molar-refractivity contribution is 9.10. The highest BCUT2D eigenvalue weighted by Crippen LogP contribution is 2.39. The Hall–Kier alpha value is -0.260. The third-order valence-electron chi connectivity index (χ3n) is 2.80. The predicted octanol–water partition coefficient (Wildman–Crippen LogP) is 5.13. The molecule has 0 aliphatic heterocycles. The number of rotatable bonds is 4. The Bertz CT molecular complexity index is 588. The van der Waals surface area contributed by atoms with E-state index in [0.717, 1.165) is 21.3 Å². The minimum atomic E-state index is -0.0171. The van der Waals surface area contributed by atoms with E-state index < -0.39 is 0 Å². The molecule has 0 aliphatic rings. The Balaban J connectivity index is 2.45. The molecule has 0 amide bonds. The van der Waals surface area contributed by atoms with Crippen molar-refractivity contribution in [3.05, 3.63) is 48.5 Å². The van der Waals surface area contributed by atoms with Gasteiger partial charge in [-0.15, -0.1) is 11.3 Å². The van der Waals surface area contributed by atoms with Gasteiger partial charge >= 0.3 is 0 Å². The topological polar surface area (TPSA) is 21.3 Å². The highest BCUT2D eigenvalue weighted by atomic mass is 79.9. The lowest BCUT2D eigenvalue weighted by molar-refractivity contribution is 0.414. The quantitative estimate of drug-likeness (QED) is 0.793. The van der Waals surface area contributed by atoms with Crippen molar-refractivity contribution in [3.63, 3.8) is 0 Å². The van der Waals surface area contributed by atoms with Crippen molar-refractivity contribution in [2.75, 3.05) is 14.2 Å². The van der Waals surface area contributed by atoms with Gasteiger partial charge in [-0.3, -0.25) is 0 Å². The second-order valence-electron chi connectivity index (χ2n) is 3.89. The molecule has 2 aromatic rings. The maximum Gasteiger partial charge on any atom is 0.120 e. The first-order valence-corrected chi connectivity index (χ1v) is 7.88. The standard InChI is InChI=1S/C13H12BrCl2NOS/c1-17-12(9-6-11(15)19-13(9)16)8-4-3-7(18-2)5-10(8)14/h3-6,12,17H,1-2H3. The minimum absolute atomic E-state index is 0.0171. The van der Waals surface area contributed by atoms with Crippen LogP contribution in [0, 0.1) is 0 Å². The Morgan fingerprint density at radius 1 is 1.26 bits per heavy atom. The molecule has 0 aliphatic carbocycles. The lowest BCUT2D eigenvalue weighted by Gasteiger charge is -2.18. The molecule has 0 spiro atoms. The summed E-state index contributed by atoms with van der Waals surface area (Å²) in [5, 5.41) is 3.26. The van der Waals surface area contributed by atoms with Crippen molar-refractivity contribution in [1.82, 2.24) is 5.32 Å². The maximum absolute atomic E-state index is 6.23. The molecule has 19 heavy (non-hydrogen) atoms. The van der Waals surface area contributed by atoms with Gasteiger partial charge < -0.3 is 10.1 Å². The number of hydrogen-bond donors (Lipinski definition) is 1. The summed E-state index contributed by atoms with van der Waals surface area (Å²) >= 11 is 17.2. The Kier molecular flexibility index (Phi) is 5.15. The monoisotopic (exact) mass is 379 g/mol. The fraction of sp³-hybridized carbons (Fsp3) is 0.231. The minimum Gasteiger partial charge on any atom is -0.497 e. The van der Waals surface area contributed by atoms with Gasteiger partial charge in [-0.1, -0.05) is 45.2 Å². The second-order valence-corrected chi connectivity index (χ2v) is 7.03. The van der Waals surface area contributed by atoms with Gasteiger partial charge in [0.2, 0.25) is 0 Å². The van der Waals surface area contributed by atoms with Crippen LogP contribution in [0.5, 0.6) is 5.75 Å². The van der Waals surface area contributed by atoms with Gasteiger partial charge in [0.1, 0.15) is 5.75 Å². The number of halogens is 3. The SMILES string of the molecule is CNC(c1ccc(OC)cc1Br)c1cc(Cl)sc1Cl. The zero-order valence-corrected chi connectivity index (χ0v) is 14.3. The lowest BCUT2D eigenvalue weighted by atomic mass is 10.0. The smallest absolute Gasteiger partial charge is 0.120 e. The first kappa shape index (κ1) is 15.1. The van der Waals surface area contributed by atoms with Crippen LogP contribution in [0.2, 0.25) is 8.67 Å². The second kappa shape index (κ2) is 6.46. The van der Waals surface area contributed by atoms with Gasteiger partial charge in [0.15, 0.2) is 0 Å². The van der Waals surface area contributed by atoms with E-state index in [9.17, 15) is 0 Å². The normalized spacial score (nSPS) is 12.5. The third kappa shape index (κ3) is 3.26. The number of benzene rings is 1. The molecule has 1 heterocycles. The number of hydrogen-bond acceptors (Lipinski definition) is 3. The highest BCUT2D eigenvalue weighted by Gasteiger charge is 2.20. The molecule has 2 rings (SSSR count). The van der Waals surface area contributed by atoms with E-state index in [0.29, 0.717) is 8.67 Å². The van der Waals surface area contributed by atoms with E-state index in [-0.39, 0.29) is 6.04 Å². The Morgan fingerprint density at radius 3 is 2.47 bits per heavy atom. The molecule has 1 unspecified atom stereocenters. The number of nitrogens with one attached hydrogen (secondary N) is 1. The Morgan fingerprint density at radius 2 is 2.00 bits per heavy atom. The first-order valence-electron chi connectivity index (χ1n) is 5.52. The van der Waals surface area contributed by atoms with Gasteiger partial charge in [0, 0.05) is 10.0 Å². The molecule has 102 valence electrons. The van der Waals surface area contributed by atoms with Crippen LogP contribution < -0.4 is 10.1 Å². The van der Waals surface area contributed by atoms with E-state index in [1.165, 1.54) is 11.3 Å². The summed E-state index contributed by atoms with van der Waals surface area (Å²) in [4.78, 5) is 0. The zero-order chi connectivity index (χ0) is 14.0. The van der Waals surface area contributed by atoms with Crippen LogP contribution in [0.4, 0.5) is 0 Å². The fourth-order valence-corrected chi connectivity index (χ4v) is 4.02. The molecule has 0 saturated heterocycles. The predicted molar refractivity (Wildman–Crippen MR) is 85.9 cm³/mol. The molecule has 0 fully saturated rings. The van der Waals surface area contributed by atoms with Crippen LogP contribution >= 0.6 is 50.5 Å². The van der Waals surface area contributed by atoms with Gasteiger partial charge in [-0.05, 0) is 30.8 Å². The van der Waals surface area contributed by atoms with Crippen molar-refractivity contribution in [2.24, 2.45) is 0 Å². The Labute approximate surface area is 134 Å². The molecule has 1 aromatic heterocycles. The molecule has 6 heteroatoms.